The lowest BCUT2D eigenvalue weighted by molar-refractivity contribution is 0.0815. The van der Waals surface area contributed by atoms with Crippen molar-refractivity contribution in [2.45, 2.75) is 46.0 Å². The van der Waals surface area contributed by atoms with Gasteiger partial charge in [0.05, 0.1) is 0 Å². The van der Waals surface area contributed by atoms with Crippen LogP contribution in [0.2, 0.25) is 0 Å². The molecular weight excluding hydrogens is 348 g/mol. The van der Waals surface area contributed by atoms with Gasteiger partial charge in [-0.3, -0.25) is 9.59 Å². The van der Waals surface area contributed by atoms with Crippen LogP contribution in [-0.4, -0.2) is 11.6 Å². The fourth-order valence-electron chi connectivity index (χ4n) is 3.72. The smallest absolute Gasteiger partial charge is 0.234 e. The van der Waals surface area contributed by atoms with Crippen molar-refractivity contribution in [1.29, 1.82) is 0 Å². The van der Waals surface area contributed by atoms with Crippen molar-refractivity contribution in [2.24, 2.45) is 0 Å². The SMILES string of the molecule is CC(C)c1oc(C(C)(C)C)cc1-c1ccc2c(c1)C(=O)C(=O)c1ccccc1-2. The molecule has 1 aliphatic carbocycles. The molecule has 0 N–H and O–H groups in total. The van der Waals surface area contributed by atoms with Crippen molar-refractivity contribution in [2.75, 3.05) is 0 Å². The number of furan rings is 1. The number of carbonyl (C=O) groups excluding carboxylic acids is 2. The predicted octanol–water partition coefficient (Wildman–Crippen LogP) is 6.41. The monoisotopic (exact) mass is 372 g/mol. The Bertz CT molecular complexity index is 1110. The van der Waals surface area contributed by atoms with Gasteiger partial charge in [-0.15, -0.1) is 0 Å². The lowest BCUT2D eigenvalue weighted by atomic mass is 9.82. The van der Waals surface area contributed by atoms with Crippen LogP contribution in [0.3, 0.4) is 0 Å². The van der Waals surface area contributed by atoms with Crippen LogP contribution < -0.4 is 0 Å². The fourth-order valence-corrected chi connectivity index (χ4v) is 3.72. The quantitative estimate of drug-likeness (QED) is 0.488. The standard InChI is InChI=1S/C25H24O3/c1-14(2)24-19(13-21(28-24)25(3,4)5)15-10-11-17-16-8-6-7-9-18(16)22(26)23(27)20(17)12-15/h6-14H,1-5H3. The van der Waals surface area contributed by atoms with E-state index in [0.717, 1.165) is 33.8 Å². The van der Waals surface area contributed by atoms with E-state index in [0.29, 0.717) is 11.1 Å². The number of ketones is 2. The van der Waals surface area contributed by atoms with Gasteiger partial charge in [0, 0.05) is 28.0 Å². The van der Waals surface area contributed by atoms with E-state index in [1.807, 2.05) is 30.3 Å². The zero-order chi connectivity index (χ0) is 20.2. The average molecular weight is 372 g/mol. The molecule has 0 fully saturated rings. The Morgan fingerprint density at radius 3 is 2.00 bits per heavy atom. The van der Waals surface area contributed by atoms with E-state index in [1.165, 1.54) is 0 Å². The van der Waals surface area contributed by atoms with E-state index in [2.05, 4.69) is 40.7 Å². The summed E-state index contributed by atoms with van der Waals surface area (Å²) in [4.78, 5) is 25.3. The third kappa shape index (κ3) is 2.82. The summed E-state index contributed by atoms with van der Waals surface area (Å²) in [5, 5.41) is 0. The molecule has 0 saturated carbocycles. The highest BCUT2D eigenvalue weighted by molar-refractivity contribution is 6.53. The molecule has 0 atom stereocenters. The fraction of sp³-hybridized carbons (Fsp3) is 0.280. The van der Waals surface area contributed by atoms with E-state index >= 15 is 0 Å². The van der Waals surface area contributed by atoms with Crippen LogP contribution in [0.25, 0.3) is 22.3 Å². The first kappa shape index (κ1) is 18.4. The van der Waals surface area contributed by atoms with Gasteiger partial charge in [0.2, 0.25) is 11.6 Å². The van der Waals surface area contributed by atoms with Gasteiger partial charge in [-0.25, -0.2) is 0 Å². The van der Waals surface area contributed by atoms with Crippen LogP contribution in [0, 0.1) is 0 Å². The lowest BCUT2D eigenvalue weighted by Crippen LogP contribution is -2.21. The Morgan fingerprint density at radius 2 is 1.36 bits per heavy atom. The van der Waals surface area contributed by atoms with Crippen LogP contribution in [0.4, 0.5) is 0 Å². The number of carbonyl (C=O) groups is 2. The summed E-state index contributed by atoms with van der Waals surface area (Å²) in [7, 11) is 0. The van der Waals surface area contributed by atoms with Crippen LogP contribution in [0.5, 0.6) is 0 Å². The average Bonchev–Trinajstić information content (AvgIpc) is 3.12. The van der Waals surface area contributed by atoms with E-state index in [4.69, 9.17) is 4.42 Å². The van der Waals surface area contributed by atoms with Crippen LogP contribution >= 0.6 is 0 Å². The zero-order valence-electron chi connectivity index (χ0n) is 16.9. The maximum absolute atomic E-state index is 12.8. The van der Waals surface area contributed by atoms with E-state index < -0.39 is 11.6 Å². The summed E-state index contributed by atoms with van der Waals surface area (Å²) >= 11 is 0. The van der Waals surface area contributed by atoms with Gasteiger partial charge in [0.15, 0.2) is 0 Å². The molecule has 4 rings (SSSR count). The van der Waals surface area contributed by atoms with Crippen molar-refractivity contribution in [3.63, 3.8) is 0 Å². The molecule has 2 aromatic carbocycles. The third-order valence-corrected chi connectivity index (χ3v) is 5.27. The minimum atomic E-state index is -0.443. The second kappa shape index (κ2) is 6.30. The molecule has 28 heavy (non-hydrogen) atoms. The molecule has 0 saturated heterocycles. The second-order valence-corrected chi connectivity index (χ2v) is 8.76. The van der Waals surface area contributed by atoms with Crippen molar-refractivity contribution in [3.05, 3.63) is 71.2 Å². The number of hydrogen-bond acceptors (Lipinski definition) is 3. The molecule has 142 valence electrons. The molecule has 0 aliphatic heterocycles. The van der Waals surface area contributed by atoms with Crippen molar-refractivity contribution < 1.29 is 14.0 Å². The van der Waals surface area contributed by atoms with Crippen LogP contribution in [-0.2, 0) is 5.41 Å². The summed E-state index contributed by atoms with van der Waals surface area (Å²) in [6, 6.07) is 15.2. The predicted molar refractivity (Wildman–Crippen MR) is 111 cm³/mol. The van der Waals surface area contributed by atoms with Gasteiger partial charge in [-0.1, -0.05) is 71.0 Å². The molecule has 0 amide bonds. The highest BCUT2D eigenvalue weighted by Crippen LogP contribution is 2.40. The zero-order valence-corrected chi connectivity index (χ0v) is 16.9. The number of rotatable bonds is 2. The minimum Gasteiger partial charge on any atom is -0.465 e. The number of hydrogen-bond donors (Lipinski definition) is 0. The van der Waals surface area contributed by atoms with E-state index in [1.54, 1.807) is 12.1 Å². The van der Waals surface area contributed by atoms with E-state index in [9.17, 15) is 9.59 Å². The van der Waals surface area contributed by atoms with E-state index in [-0.39, 0.29) is 11.3 Å². The number of Topliss-reactive ketones (excluding diaryl/α,β-unsaturated/α-hetero) is 2. The lowest BCUT2D eigenvalue weighted by Gasteiger charge is -2.18. The van der Waals surface area contributed by atoms with Crippen molar-refractivity contribution >= 4 is 11.6 Å². The second-order valence-electron chi connectivity index (χ2n) is 8.76. The Morgan fingerprint density at radius 1 is 0.750 bits per heavy atom. The highest BCUT2D eigenvalue weighted by atomic mass is 16.3. The maximum atomic E-state index is 12.8. The molecule has 1 aliphatic rings. The maximum Gasteiger partial charge on any atom is 0.234 e. The summed E-state index contributed by atoms with van der Waals surface area (Å²) in [6.45, 7) is 10.5. The third-order valence-electron chi connectivity index (χ3n) is 5.27. The molecule has 1 heterocycles. The van der Waals surface area contributed by atoms with Gasteiger partial charge < -0.3 is 4.42 Å². The van der Waals surface area contributed by atoms with Gasteiger partial charge >= 0.3 is 0 Å². The Labute approximate surface area is 165 Å². The normalized spacial score (nSPS) is 13.6. The van der Waals surface area contributed by atoms with Gasteiger partial charge in [-0.2, -0.15) is 0 Å². The van der Waals surface area contributed by atoms with Crippen LogP contribution in [0.1, 0.15) is 72.8 Å². The highest BCUT2D eigenvalue weighted by Gasteiger charge is 2.31. The first-order chi connectivity index (χ1) is 13.2. The van der Waals surface area contributed by atoms with Gasteiger partial charge in [0.1, 0.15) is 11.5 Å². The number of benzene rings is 2. The molecule has 0 spiro atoms. The molecular formula is C25H24O3. The first-order valence-electron chi connectivity index (χ1n) is 9.65. The van der Waals surface area contributed by atoms with Gasteiger partial charge in [0.25, 0.3) is 0 Å². The minimum absolute atomic E-state index is 0.110. The summed E-state index contributed by atoms with van der Waals surface area (Å²) in [6.07, 6.45) is 0. The Balaban J connectivity index is 1.91. The van der Waals surface area contributed by atoms with Crippen molar-refractivity contribution in [1.82, 2.24) is 0 Å². The molecule has 1 aromatic heterocycles. The summed E-state index contributed by atoms with van der Waals surface area (Å²) < 4.78 is 6.19. The molecule has 3 aromatic rings. The first-order valence-corrected chi connectivity index (χ1v) is 9.65. The molecule has 0 radical (unpaired) electrons. The summed E-state index contributed by atoms with van der Waals surface area (Å²) in [5.41, 5.74) is 4.36. The number of fused-ring (bicyclic) bond motifs is 3. The van der Waals surface area contributed by atoms with Crippen molar-refractivity contribution in [3.8, 4) is 22.3 Å². The summed E-state index contributed by atoms with van der Waals surface area (Å²) in [5.74, 6) is 1.14. The molecule has 0 unspecified atom stereocenters. The molecule has 3 nitrogen and oxygen atoms in total. The topological polar surface area (TPSA) is 47.3 Å². The largest absolute Gasteiger partial charge is 0.465 e. The molecule has 0 bridgehead atoms. The molecule has 3 heteroatoms. The Kier molecular flexibility index (Phi) is 4.15. The van der Waals surface area contributed by atoms with Gasteiger partial charge in [-0.05, 0) is 28.8 Å². The Hall–Kier alpha value is -2.94. The van der Waals surface area contributed by atoms with Crippen LogP contribution in [0.15, 0.2) is 52.9 Å².